The molecule has 148 valence electrons. The molecule has 1 aromatic rings. The average Bonchev–Trinajstić information content (AvgIpc) is 3.38. The fourth-order valence-electron chi connectivity index (χ4n) is 3.72. The van der Waals surface area contributed by atoms with Gasteiger partial charge in [-0.2, -0.15) is 5.26 Å². The first kappa shape index (κ1) is 19.8. The maximum atomic E-state index is 12.7. The standard InChI is InChI=1S/C20H25N5O3/c1-24(20(28)17-8-5-9-22-17)13-18(26)25-12-14(10-16(25)11-21)19(27)23-15-6-3-2-4-7-15/h2-4,6-7,14,16-17,22H,5,8-10,12-13H2,1H3,(H,23,27). The second-order valence-corrected chi connectivity index (χ2v) is 7.32. The Morgan fingerprint density at radius 3 is 2.71 bits per heavy atom. The van der Waals surface area contributed by atoms with E-state index < -0.39 is 12.0 Å². The van der Waals surface area contributed by atoms with Gasteiger partial charge in [-0.3, -0.25) is 14.4 Å². The normalized spacial score (nSPS) is 23.9. The molecule has 0 spiro atoms. The summed E-state index contributed by atoms with van der Waals surface area (Å²) in [6.07, 6.45) is 2.01. The van der Waals surface area contributed by atoms with Gasteiger partial charge in [-0.05, 0) is 37.9 Å². The van der Waals surface area contributed by atoms with Crippen LogP contribution in [0.25, 0.3) is 0 Å². The van der Waals surface area contributed by atoms with Crippen molar-refractivity contribution in [2.75, 3.05) is 32.0 Å². The third kappa shape index (κ3) is 4.49. The molecule has 3 amide bonds. The van der Waals surface area contributed by atoms with Crippen molar-refractivity contribution < 1.29 is 14.4 Å². The van der Waals surface area contributed by atoms with Crippen molar-refractivity contribution in [3.63, 3.8) is 0 Å². The number of likely N-dealkylation sites (tertiary alicyclic amines) is 1. The lowest BCUT2D eigenvalue weighted by Gasteiger charge is -2.25. The summed E-state index contributed by atoms with van der Waals surface area (Å²) in [5, 5.41) is 15.4. The number of likely N-dealkylation sites (N-methyl/N-ethyl adjacent to an activating group) is 1. The quantitative estimate of drug-likeness (QED) is 0.774. The Hall–Kier alpha value is -2.92. The summed E-state index contributed by atoms with van der Waals surface area (Å²) in [5.74, 6) is -1.08. The number of anilines is 1. The average molecular weight is 383 g/mol. The van der Waals surface area contributed by atoms with Gasteiger partial charge < -0.3 is 20.4 Å². The monoisotopic (exact) mass is 383 g/mol. The molecule has 0 radical (unpaired) electrons. The number of carbonyl (C=O) groups is 3. The van der Waals surface area contributed by atoms with E-state index in [1.807, 2.05) is 18.2 Å². The number of nitrogens with one attached hydrogen (secondary N) is 2. The number of hydrogen-bond acceptors (Lipinski definition) is 5. The Labute approximate surface area is 164 Å². The van der Waals surface area contributed by atoms with Gasteiger partial charge in [0, 0.05) is 19.3 Å². The highest BCUT2D eigenvalue weighted by atomic mass is 16.2. The van der Waals surface area contributed by atoms with Crippen molar-refractivity contribution in [3.05, 3.63) is 30.3 Å². The second kappa shape index (κ2) is 8.85. The topological polar surface area (TPSA) is 106 Å². The van der Waals surface area contributed by atoms with Crippen LogP contribution in [0, 0.1) is 17.2 Å². The Balaban J connectivity index is 1.58. The second-order valence-electron chi connectivity index (χ2n) is 7.32. The molecule has 8 nitrogen and oxygen atoms in total. The SMILES string of the molecule is CN(CC(=O)N1CC(C(=O)Nc2ccccc2)CC1C#N)C(=O)C1CCCN1. The predicted octanol–water partition coefficient (Wildman–Crippen LogP) is 0.576. The van der Waals surface area contributed by atoms with Crippen LogP contribution in [-0.4, -0.2) is 66.3 Å². The van der Waals surface area contributed by atoms with E-state index in [4.69, 9.17) is 0 Å². The number of amides is 3. The zero-order chi connectivity index (χ0) is 20.1. The fourth-order valence-corrected chi connectivity index (χ4v) is 3.72. The molecule has 1 aromatic carbocycles. The van der Waals surface area contributed by atoms with Crippen LogP contribution in [0.1, 0.15) is 19.3 Å². The van der Waals surface area contributed by atoms with E-state index in [-0.39, 0.29) is 36.9 Å². The molecule has 28 heavy (non-hydrogen) atoms. The lowest BCUT2D eigenvalue weighted by molar-refractivity contribution is -0.140. The van der Waals surface area contributed by atoms with Gasteiger partial charge >= 0.3 is 0 Å². The molecule has 2 aliphatic rings. The summed E-state index contributed by atoms with van der Waals surface area (Å²) in [6, 6.07) is 10.3. The third-order valence-electron chi connectivity index (χ3n) is 5.29. The molecule has 3 unspecified atom stereocenters. The van der Waals surface area contributed by atoms with Crippen LogP contribution in [0.4, 0.5) is 5.69 Å². The van der Waals surface area contributed by atoms with E-state index in [0.29, 0.717) is 12.1 Å². The van der Waals surface area contributed by atoms with Crippen molar-refractivity contribution in [1.82, 2.24) is 15.1 Å². The van der Waals surface area contributed by atoms with Gasteiger partial charge in [0.05, 0.1) is 24.6 Å². The lowest BCUT2D eigenvalue weighted by atomic mass is 10.1. The summed E-state index contributed by atoms with van der Waals surface area (Å²) in [7, 11) is 1.59. The number of rotatable bonds is 5. The predicted molar refractivity (Wildman–Crippen MR) is 103 cm³/mol. The van der Waals surface area contributed by atoms with Crippen molar-refractivity contribution in [2.45, 2.75) is 31.3 Å². The van der Waals surface area contributed by atoms with Crippen LogP contribution in [0.15, 0.2) is 30.3 Å². The van der Waals surface area contributed by atoms with Crippen LogP contribution in [0.3, 0.4) is 0 Å². The van der Waals surface area contributed by atoms with E-state index in [9.17, 15) is 19.6 Å². The molecule has 2 aliphatic heterocycles. The molecule has 2 heterocycles. The molecule has 2 N–H and O–H groups in total. The zero-order valence-electron chi connectivity index (χ0n) is 15.9. The van der Waals surface area contributed by atoms with E-state index in [1.54, 1.807) is 19.2 Å². The first-order valence-electron chi connectivity index (χ1n) is 9.53. The molecule has 0 aromatic heterocycles. The van der Waals surface area contributed by atoms with E-state index in [0.717, 1.165) is 19.4 Å². The van der Waals surface area contributed by atoms with E-state index >= 15 is 0 Å². The lowest BCUT2D eigenvalue weighted by Crippen LogP contribution is -2.47. The third-order valence-corrected chi connectivity index (χ3v) is 5.29. The molecule has 0 saturated carbocycles. The minimum atomic E-state index is -0.660. The molecule has 8 heteroatoms. The van der Waals surface area contributed by atoms with Gasteiger partial charge in [0.2, 0.25) is 17.7 Å². The van der Waals surface area contributed by atoms with Gasteiger partial charge in [0.25, 0.3) is 0 Å². The van der Waals surface area contributed by atoms with Crippen LogP contribution in [0.5, 0.6) is 0 Å². The maximum Gasteiger partial charge on any atom is 0.243 e. The first-order chi connectivity index (χ1) is 13.5. The van der Waals surface area contributed by atoms with E-state index in [2.05, 4.69) is 16.7 Å². The Morgan fingerprint density at radius 2 is 2.07 bits per heavy atom. The number of para-hydroxylation sites is 1. The number of benzene rings is 1. The molecule has 3 rings (SSSR count). The van der Waals surface area contributed by atoms with Crippen LogP contribution in [-0.2, 0) is 14.4 Å². The van der Waals surface area contributed by atoms with Crippen molar-refractivity contribution in [3.8, 4) is 6.07 Å². The summed E-state index contributed by atoms with van der Waals surface area (Å²) < 4.78 is 0. The Kier molecular flexibility index (Phi) is 6.26. The summed E-state index contributed by atoms with van der Waals surface area (Å²) in [5.41, 5.74) is 0.681. The largest absolute Gasteiger partial charge is 0.335 e. The molecular formula is C20H25N5O3. The van der Waals surface area contributed by atoms with Crippen LogP contribution >= 0.6 is 0 Å². The molecule has 0 aliphatic carbocycles. The Morgan fingerprint density at radius 1 is 1.32 bits per heavy atom. The molecule has 2 fully saturated rings. The maximum absolute atomic E-state index is 12.7. The highest BCUT2D eigenvalue weighted by molar-refractivity contribution is 5.94. The molecule has 2 saturated heterocycles. The minimum Gasteiger partial charge on any atom is -0.335 e. The number of nitrogens with zero attached hydrogens (tertiary/aromatic N) is 3. The van der Waals surface area contributed by atoms with Crippen molar-refractivity contribution in [1.29, 1.82) is 5.26 Å². The smallest absolute Gasteiger partial charge is 0.243 e. The Bertz CT molecular complexity index is 770. The summed E-state index contributed by atoms with van der Waals surface area (Å²) in [6.45, 7) is 0.890. The number of nitriles is 1. The van der Waals surface area contributed by atoms with Crippen molar-refractivity contribution in [2.24, 2.45) is 5.92 Å². The van der Waals surface area contributed by atoms with E-state index in [1.165, 1.54) is 9.80 Å². The summed E-state index contributed by atoms with van der Waals surface area (Å²) >= 11 is 0. The molecule has 3 atom stereocenters. The first-order valence-corrected chi connectivity index (χ1v) is 9.53. The molecule has 0 bridgehead atoms. The van der Waals surface area contributed by atoms with Gasteiger partial charge in [-0.25, -0.2) is 0 Å². The molecular weight excluding hydrogens is 358 g/mol. The van der Waals surface area contributed by atoms with Gasteiger partial charge in [0.15, 0.2) is 0 Å². The fraction of sp³-hybridized carbons (Fsp3) is 0.500. The van der Waals surface area contributed by atoms with Gasteiger partial charge in [-0.1, -0.05) is 18.2 Å². The van der Waals surface area contributed by atoms with Crippen LogP contribution in [0.2, 0.25) is 0 Å². The number of hydrogen-bond donors (Lipinski definition) is 2. The van der Waals surface area contributed by atoms with Crippen LogP contribution < -0.4 is 10.6 Å². The minimum absolute atomic E-state index is 0.0950. The summed E-state index contributed by atoms with van der Waals surface area (Å²) in [4.78, 5) is 40.4. The highest BCUT2D eigenvalue weighted by Crippen LogP contribution is 2.25. The van der Waals surface area contributed by atoms with Crippen molar-refractivity contribution >= 4 is 23.4 Å². The highest BCUT2D eigenvalue weighted by Gasteiger charge is 2.39. The zero-order valence-corrected chi connectivity index (χ0v) is 15.9. The van der Waals surface area contributed by atoms with Gasteiger partial charge in [0.1, 0.15) is 6.04 Å². The number of carbonyl (C=O) groups excluding carboxylic acids is 3. The van der Waals surface area contributed by atoms with Gasteiger partial charge in [-0.15, -0.1) is 0 Å².